The van der Waals surface area contributed by atoms with E-state index < -0.39 is 0 Å². The summed E-state index contributed by atoms with van der Waals surface area (Å²) in [6.45, 7) is 5.49. The standard InChI is InChI=1S/C17H22N2O2S/c1-12(2)16(17(20)19-11-14-4-3-9-21-14)22-15-7-5-13(10-18)6-8-15/h5-8,12,14,16H,3-4,9,11H2,1-2H3,(H,19,20)/t14-,16+/m1/s1. The Kier molecular flexibility index (Phi) is 6.29. The van der Waals surface area contributed by atoms with E-state index in [1.165, 1.54) is 0 Å². The second kappa shape index (κ2) is 8.21. The number of nitrogens with zero attached hydrogens (tertiary/aromatic N) is 1. The topological polar surface area (TPSA) is 62.1 Å². The highest BCUT2D eigenvalue weighted by Gasteiger charge is 2.25. The molecule has 1 N–H and O–H groups in total. The van der Waals surface area contributed by atoms with Crippen LogP contribution < -0.4 is 5.32 Å². The van der Waals surface area contributed by atoms with E-state index in [4.69, 9.17) is 10.00 Å². The van der Waals surface area contributed by atoms with Crippen molar-refractivity contribution >= 4 is 17.7 Å². The summed E-state index contributed by atoms with van der Waals surface area (Å²) >= 11 is 1.54. The van der Waals surface area contributed by atoms with Gasteiger partial charge in [-0.3, -0.25) is 4.79 Å². The van der Waals surface area contributed by atoms with Gasteiger partial charge in [-0.15, -0.1) is 11.8 Å². The fourth-order valence-electron chi connectivity index (χ4n) is 2.37. The summed E-state index contributed by atoms with van der Waals surface area (Å²) in [5.74, 6) is 0.282. The van der Waals surface area contributed by atoms with Crippen LogP contribution in [0.4, 0.5) is 0 Å². The molecule has 1 aromatic carbocycles. The number of hydrogen-bond acceptors (Lipinski definition) is 4. The van der Waals surface area contributed by atoms with Crippen LogP contribution in [0.2, 0.25) is 0 Å². The van der Waals surface area contributed by atoms with Crippen LogP contribution in [-0.4, -0.2) is 30.4 Å². The Labute approximate surface area is 136 Å². The third kappa shape index (κ3) is 4.75. The number of ether oxygens (including phenoxy) is 1. The molecular formula is C17H22N2O2S. The molecule has 1 aromatic rings. The predicted molar refractivity (Wildman–Crippen MR) is 87.6 cm³/mol. The summed E-state index contributed by atoms with van der Waals surface area (Å²) < 4.78 is 5.54. The lowest BCUT2D eigenvalue weighted by atomic mass is 10.1. The number of carbonyl (C=O) groups excluding carboxylic acids is 1. The molecule has 1 saturated heterocycles. The van der Waals surface area contributed by atoms with Crippen molar-refractivity contribution in [2.75, 3.05) is 13.2 Å². The molecule has 2 rings (SSSR count). The van der Waals surface area contributed by atoms with Gasteiger partial charge in [0.05, 0.1) is 23.0 Å². The van der Waals surface area contributed by atoms with Crippen LogP contribution in [0.5, 0.6) is 0 Å². The first-order valence-electron chi connectivity index (χ1n) is 7.66. The number of rotatable bonds is 6. The molecule has 1 aliphatic heterocycles. The molecule has 2 atom stereocenters. The molecule has 0 spiro atoms. The Morgan fingerprint density at radius 2 is 2.18 bits per heavy atom. The van der Waals surface area contributed by atoms with Crippen molar-refractivity contribution in [2.24, 2.45) is 5.92 Å². The quantitative estimate of drug-likeness (QED) is 0.819. The second-order valence-corrected chi connectivity index (χ2v) is 7.01. The summed E-state index contributed by atoms with van der Waals surface area (Å²) in [5.41, 5.74) is 0.633. The van der Waals surface area contributed by atoms with E-state index in [0.29, 0.717) is 12.1 Å². The third-order valence-electron chi connectivity index (χ3n) is 3.64. The van der Waals surface area contributed by atoms with Gasteiger partial charge in [-0.05, 0) is 43.0 Å². The van der Waals surface area contributed by atoms with Gasteiger partial charge >= 0.3 is 0 Å². The zero-order chi connectivity index (χ0) is 15.9. The lowest BCUT2D eigenvalue weighted by molar-refractivity contribution is -0.121. The molecule has 4 nitrogen and oxygen atoms in total. The molecule has 0 aliphatic carbocycles. The molecule has 0 saturated carbocycles. The van der Waals surface area contributed by atoms with Crippen molar-refractivity contribution in [2.45, 2.75) is 42.9 Å². The molecule has 1 heterocycles. The Balaban J connectivity index is 1.92. The van der Waals surface area contributed by atoms with Gasteiger partial charge in [0, 0.05) is 18.0 Å². The largest absolute Gasteiger partial charge is 0.376 e. The van der Waals surface area contributed by atoms with E-state index >= 15 is 0 Å². The van der Waals surface area contributed by atoms with Crippen molar-refractivity contribution in [3.05, 3.63) is 29.8 Å². The van der Waals surface area contributed by atoms with E-state index in [-0.39, 0.29) is 23.2 Å². The fourth-order valence-corrected chi connectivity index (χ4v) is 3.42. The van der Waals surface area contributed by atoms with Crippen LogP contribution in [0.1, 0.15) is 32.3 Å². The van der Waals surface area contributed by atoms with Crippen molar-refractivity contribution in [1.82, 2.24) is 5.32 Å². The maximum absolute atomic E-state index is 12.4. The van der Waals surface area contributed by atoms with E-state index in [1.807, 2.05) is 26.0 Å². The fraction of sp³-hybridized carbons (Fsp3) is 0.529. The molecule has 0 radical (unpaired) electrons. The van der Waals surface area contributed by atoms with E-state index in [0.717, 1.165) is 24.3 Å². The summed E-state index contributed by atoms with van der Waals surface area (Å²) in [6.07, 6.45) is 2.26. The van der Waals surface area contributed by atoms with Gasteiger partial charge in [0.25, 0.3) is 0 Å². The van der Waals surface area contributed by atoms with Crippen LogP contribution in [0.15, 0.2) is 29.2 Å². The highest BCUT2D eigenvalue weighted by molar-refractivity contribution is 8.00. The number of carbonyl (C=O) groups is 1. The number of thioether (sulfide) groups is 1. The summed E-state index contributed by atoms with van der Waals surface area (Å²) in [5, 5.41) is 11.7. The molecule has 22 heavy (non-hydrogen) atoms. The monoisotopic (exact) mass is 318 g/mol. The molecule has 0 bridgehead atoms. The molecule has 1 aliphatic rings. The molecule has 1 fully saturated rings. The number of hydrogen-bond donors (Lipinski definition) is 1. The van der Waals surface area contributed by atoms with E-state index in [2.05, 4.69) is 11.4 Å². The maximum Gasteiger partial charge on any atom is 0.233 e. The first kappa shape index (κ1) is 16.9. The first-order chi connectivity index (χ1) is 10.6. The number of nitriles is 1. The Morgan fingerprint density at radius 1 is 1.45 bits per heavy atom. The molecule has 5 heteroatoms. The van der Waals surface area contributed by atoms with Gasteiger partial charge in [0.2, 0.25) is 5.91 Å². The molecule has 0 unspecified atom stereocenters. The van der Waals surface area contributed by atoms with Crippen LogP contribution in [0.25, 0.3) is 0 Å². The van der Waals surface area contributed by atoms with Crippen LogP contribution in [0, 0.1) is 17.2 Å². The highest BCUT2D eigenvalue weighted by Crippen LogP contribution is 2.28. The van der Waals surface area contributed by atoms with Crippen molar-refractivity contribution in [1.29, 1.82) is 5.26 Å². The SMILES string of the molecule is CC(C)[C@H](Sc1ccc(C#N)cc1)C(=O)NC[C@H]1CCCO1. The lowest BCUT2D eigenvalue weighted by Gasteiger charge is -2.21. The van der Waals surface area contributed by atoms with E-state index in [9.17, 15) is 4.79 Å². The van der Waals surface area contributed by atoms with Crippen molar-refractivity contribution < 1.29 is 9.53 Å². The van der Waals surface area contributed by atoms with Crippen molar-refractivity contribution in [3.8, 4) is 6.07 Å². The average Bonchev–Trinajstić information content (AvgIpc) is 3.04. The molecule has 0 aromatic heterocycles. The minimum atomic E-state index is -0.144. The third-order valence-corrected chi connectivity index (χ3v) is 5.20. The zero-order valence-corrected chi connectivity index (χ0v) is 13.9. The minimum absolute atomic E-state index is 0.0554. The summed E-state index contributed by atoms with van der Waals surface area (Å²) in [6, 6.07) is 9.46. The van der Waals surface area contributed by atoms with Crippen LogP contribution in [0.3, 0.4) is 0 Å². The number of nitrogens with one attached hydrogen (secondary N) is 1. The Bertz CT molecular complexity index is 531. The maximum atomic E-state index is 12.4. The van der Waals surface area contributed by atoms with Crippen LogP contribution in [-0.2, 0) is 9.53 Å². The first-order valence-corrected chi connectivity index (χ1v) is 8.54. The second-order valence-electron chi connectivity index (χ2n) is 5.80. The number of amides is 1. The lowest BCUT2D eigenvalue weighted by Crippen LogP contribution is -2.39. The normalized spacial score (nSPS) is 18.9. The van der Waals surface area contributed by atoms with Gasteiger partial charge < -0.3 is 10.1 Å². The van der Waals surface area contributed by atoms with Gasteiger partial charge in [-0.2, -0.15) is 5.26 Å². The van der Waals surface area contributed by atoms with Gasteiger partial charge in [0.15, 0.2) is 0 Å². The molecule has 118 valence electrons. The summed E-state index contributed by atoms with van der Waals surface area (Å²) in [4.78, 5) is 13.4. The van der Waals surface area contributed by atoms with Gasteiger partial charge in [0.1, 0.15) is 0 Å². The Hall–Kier alpha value is -1.51. The Morgan fingerprint density at radius 3 is 2.73 bits per heavy atom. The van der Waals surface area contributed by atoms with E-state index in [1.54, 1.807) is 23.9 Å². The number of benzene rings is 1. The highest BCUT2D eigenvalue weighted by atomic mass is 32.2. The zero-order valence-electron chi connectivity index (χ0n) is 13.0. The average molecular weight is 318 g/mol. The molecule has 1 amide bonds. The minimum Gasteiger partial charge on any atom is -0.376 e. The smallest absolute Gasteiger partial charge is 0.233 e. The van der Waals surface area contributed by atoms with Crippen LogP contribution >= 0.6 is 11.8 Å². The van der Waals surface area contributed by atoms with Crippen molar-refractivity contribution in [3.63, 3.8) is 0 Å². The molecular weight excluding hydrogens is 296 g/mol. The van der Waals surface area contributed by atoms with Gasteiger partial charge in [-0.1, -0.05) is 13.8 Å². The van der Waals surface area contributed by atoms with Gasteiger partial charge in [-0.25, -0.2) is 0 Å². The summed E-state index contributed by atoms with van der Waals surface area (Å²) in [7, 11) is 0. The predicted octanol–water partition coefficient (Wildman–Crippen LogP) is 2.97.